The maximum atomic E-state index is 5.77. The number of ether oxygens (including phenoxy) is 1. The van der Waals surface area contributed by atoms with Gasteiger partial charge in [0, 0.05) is 25.6 Å². The second kappa shape index (κ2) is 6.58. The molecular weight excluding hydrogens is 276 g/mol. The van der Waals surface area contributed by atoms with Crippen molar-refractivity contribution in [2.75, 3.05) is 13.2 Å². The summed E-state index contributed by atoms with van der Waals surface area (Å²) in [5.74, 6) is 0.425. The predicted molar refractivity (Wildman–Crippen MR) is 85.5 cm³/mol. The minimum absolute atomic E-state index is 0.425. The highest BCUT2D eigenvalue weighted by Gasteiger charge is 2.19. The molecule has 22 heavy (non-hydrogen) atoms. The van der Waals surface area contributed by atoms with Crippen molar-refractivity contribution in [2.24, 2.45) is 5.92 Å². The van der Waals surface area contributed by atoms with E-state index in [1.807, 2.05) is 11.6 Å². The summed E-state index contributed by atoms with van der Waals surface area (Å²) in [5.41, 5.74) is 6.10. The van der Waals surface area contributed by atoms with Gasteiger partial charge in [-0.2, -0.15) is 0 Å². The van der Waals surface area contributed by atoms with E-state index in [1.165, 1.54) is 16.7 Å². The van der Waals surface area contributed by atoms with Crippen LogP contribution in [0.5, 0.6) is 0 Å². The summed E-state index contributed by atoms with van der Waals surface area (Å²) >= 11 is 0. The Labute approximate surface area is 131 Å². The zero-order valence-electron chi connectivity index (χ0n) is 13.6. The quantitative estimate of drug-likeness (QED) is 0.940. The van der Waals surface area contributed by atoms with Gasteiger partial charge in [-0.05, 0) is 37.5 Å². The van der Waals surface area contributed by atoms with E-state index in [1.54, 1.807) is 0 Å². The van der Waals surface area contributed by atoms with Crippen LogP contribution in [0.15, 0.2) is 18.2 Å². The lowest BCUT2D eigenvalue weighted by molar-refractivity contribution is 0.0936. The van der Waals surface area contributed by atoms with E-state index in [-0.39, 0.29) is 0 Å². The molecule has 1 aromatic carbocycles. The minimum Gasteiger partial charge on any atom is -0.375 e. The van der Waals surface area contributed by atoms with E-state index in [0.29, 0.717) is 12.5 Å². The van der Waals surface area contributed by atoms with Gasteiger partial charge in [0.1, 0.15) is 0 Å². The molecule has 5 heteroatoms. The van der Waals surface area contributed by atoms with E-state index >= 15 is 0 Å². The van der Waals surface area contributed by atoms with Crippen LogP contribution in [0.2, 0.25) is 0 Å². The smallest absolute Gasteiger partial charge is 0.0904 e. The zero-order chi connectivity index (χ0) is 15.5. The van der Waals surface area contributed by atoms with E-state index in [0.717, 1.165) is 37.6 Å². The number of hydrogen-bond acceptors (Lipinski definition) is 4. The molecule has 1 atom stereocenters. The Morgan fingerprint density at radius 1 is 1.27 bits per heavy atom. The van der Waals surface area contributed by atoms with E-state index in [2.05, 4.69) is 47.7 Å². The van der Waals surface area contributed by atoms with Gasteiger partial charge >= 0.3 is 0 Å². The average Bonchev–Trinajstić information content (AvgIpc) is 2.72. The van der Waals surface area contributed by atoms with Crippen molar-refractivity contribution in [3.05, 3.63) is 46.3 Å². The van der Waals surface area contributed by atoms with Gasteiger partial charge in [-0.3, -0.25) is 0 Å². The number of hydrogen-bond donors (Lipinski definition) is 1. The summed E-state index contributed by atoms with van der Waals surface area (Å²) in [7, 11) is 0. The first kappa shape index (κ1) is 15.2. The highest BCUT2D eigenvalue weighted by molar-refractivity contribution is 5.29. The standard InChI is InChI=1S/C17H24N4O/c1-12-4-5-15(6-13(12)2)7-18-8-16-9-21-17(11-22-10-16)14(3)19-20-21/h4-6,16,18H,7-11H2,1-3H3/t16-/m0/s1. The molecule has 3 rings (SSSR count). The molecular formula is C17H24N4O. The van der Waals surface area contributed by atoms with Gasteiger partial charge in [0.25, 0.3) is 0 Å². The van der Waals surface area contributed by atoms with Crippen LogP contribution in [0.4, 0.5) is 0 Å². The van der Waals surface area contributed by atoms with Crippen LogP contribution in [-0.4, -0.2) is 28.1 Å². The van der Waals surface area contributed by atoms with Crippen LogP contribution in [0.25, 0.3) is 0 Å². The van der Waals surface area contributed by atoms with Crippen molar-refractivity contribution < 1.29 is 4.74 Å². The molecule has 1 aliphatic heterocycles. The monoisotopic (exact) mass is 300 g/mol. The molecule has 0 fully saturated rings. The zero-order valence-corrected chi connectivity index (χ0v) is 13.6. The molecule has 1 N–H and O–H groups in total. The Morgan fingerprint density at radius 3 is 2.95 bits per heavy atom. The Morgan fingerprint density at radius 2 is 2.14 bits per heavy atom. The van der Waals surface area contributed by atoms with Crippen LogP contribution in [0.1, 0.15) is 28.1 Å². The third-order valence-electron chi connectivity index (χ3n) is 4.39. The Hall–Kier alpha value is -1.72. The van der Waals surface area contributed by atoms with Gasteiger partial charge in [-0.1, -0.05) is 23.4 Å². The SMILES string of the molecule is Cc1ccc(CNC[C@@H]2COCc3c(C)nnn3C2)cc1C. The number of aryl methyl sites for hydroxylation is 3. The fourth-order valence-electron chi connectivity index (χ4n) is 2.82. The lowest BCUT2D eigenvalue weighted by Gasteiger charge is -2.15. The molecule has 0 unspecified atom stereocenters. The number of aromatic nitrogens is 3. The van der Waals surface area contributed by atoms with Crippen molar-refractivity contribution in [2.45, 2.75) is 40.5 Å². The molecule has 2 heterocycles. The summed E-state index contributed by atoms with van der Waals surface area (Å²) in [6.45, 7) is 10.4. The maximum absolute atomic E-state index is 5.77. The molecule has 0 saturated heterocycles. The maximum Gasteiger partial charge on any atom is 0.0904 e. The molecule has 0 aliphatic carbocycles. The van der Waals surface area contributed by atoms with Gasteiger partial charge in [-0.25, -0.2) is 4.68 Å². The molecule has 1 aromatic heterocycles. The van der Waals surface area contributed by atoms with Crippen LogP contribution in [-0.2, 0) is 24.4 Å². The molecule has 1 aliphatic rings. The summed E-state index contributed by atoms with van der Waals surface area (Å²) in [4.78, 5) is 0. The Kier molecular flexibility index (Phi) is 4.55. The molecule has 5 nitrogen and oxygen atoms in total. The van der Waals surface area contributed by atoms with Crippen molar-refractivity contribution >= 4 is 0 Å². The van der Waals surface area contributed by atoms with Crippen molar-refractivity contribution in [1.82, 2.24) is 20.3 Å². The first-order valence-electron chi connectivity index (χ1n) is 7.87. The topological polar surface area (TPSA) is 52.0 Å². The molecule has 2 aromatic rings. The second-order valence-corrected chi connectivity index (χ2v) is 6.23. The van der Waals surface area contributed by atoms with Gasteiger partial charge in [-0.15, -0.1) is 5.10 Å². The van der Waals surface area contributed by atoms with Crippen LogP contribution < -0.4 is 5.32 Å². The van der Waals surface area contributed by atoms with Gasteiger partial charge in [0.2, 0.25) is 0 Å². The second-order valence-electron chi connectivity index (χ2n) is 6.23. The van der Waals surface area contributed by atoms with E-state index < -0.39 is 0 Å². The average molecular weight is 300 g/mol. The number of benzene rings is 1. The third-order valence-corrected chi connectivity index (χ3v) is 4.39. The molecule has 118 valence electrons. The van der Waals surface area contributed by atoms with Gasteiger partial charge in [0.15, 0.2) is 0 Å². The van der Waals surface area contributed by atoms with Crippen LogP contribution in [0, 0.1) is 26.7 Å². The molecule has 0 amide bonds. The highest BCUT2D eigenvalue weighted by atomic mass is 16.5. The molecule has 0 bridgehead atoms. The summed E-state index contributed by atoms with van der Waals surface area (Å²) < 4.78 is 7.76. The van der Waals surface area contributed by atoms with Crippen LogP contribution in [0.3, 0.4) is 0 Å². The first-order valence-corrected chi connectivity index (χ1v) is 7.87. The molecule has 0 radical (unpaired) electrons. The minimum atomic E-state index is 0.425. The highest BCUT2D eigenvalue weighted by Crippen LogP contribution is 2.15. The van der Waals surface area contributed by atoms with Crippen molar-refractivity contribution in [3.8, 4) is 0 Å². The van der Waals surface area contributed by atoms with Crippen molar-refractivity contribution in [1.29, 1.82) is 0 Å². The Bertz CT molecular complexity index is 650. The number of fused-ring (bicyclic) bond motifs is 1. The lowest BCUT2D eigenvalue weighted by Crippen LogP contribution is -2.28. The number of rotatable bonds is 4. The molecule has 0 saturated carbocycles. The fourth-order valence-corrected chi connectivity index (χ4v) is 2.82. The molecule has 0 spiro atoms. The summed E-state index contributed by atoms with van der Waals surface area (Å²) in [5, 5.41) is 11.9. The van der Waals surface area contributed by atoms with Crippen molar-refractivity contribution in [3.63, 3.8) is 0 Å². The predicted octanol–water partition coefficient (Wildman–Crippen LogP) is 2.14. The lowest BCUT2D eigenvalue weighted by atomic mass is 10.1. The third kappa shape index (κ3) is 3.36. The number of nitrogens with one attached hydrogen (secondary N) is 1. The van der Waals surface area contributed by atoms with E-state index in [9.17, 15) is 0 Å². The fraction of sp³-hybridized carbons (Fsp3) is 0.529. The van der Waals surface area contributed by atoms with Gasteiger partial charge in [0.05, 0.1) is 24.6 Å². The Balaban J connectivity index is 1.54. The van der Waals surface area contributed by atoms with Gasteiger partial charge < -0.3 is 10.1 Å². The first-order chi connectivity index (χ1) is 10.6. The summed E-state index contributed by atoms with van der Waals surface area (Å²) in [6, 6.07) is 6.63. The van der Waals surface area contributed by atoms with E-state index in [4.69, 9.17) is 4.74 Å². The summed E-state index contributed by atoms with van der Waals surface area (Å²) in [6.07, 6.45) is 0. The van der Waals surface area contributed by atoms with Crippen LogP contribution >= 0.6 is 0 Å². The normalized spacial score (nSPS) is 18.0. The largest absolute Gasteiger partial charge is 0.375 e. The number of nitrogens with zero attached hydrogens (tertiary/aromatic N) is 3.